The van der Waals surface area contributed by atoms with Crippen molar-refractivity contribution in [1.29, 1.82) is 0 Å². The van der Waals surface area contributed by atoms with Gasteiger partial charge >= 0.3 is 0 Å². The molecule has 3 nitrogen and oxygen atoms in total. The van der Waals surface area contributed by atoms with Crippen molar-refractivity contribution >= 4 is 22.6 Å². The van der Waals surface area contributed by atoms with Gasteiger partial charge in [-0.1, -0.05) is 11.6 Å². The lowest BCUT2D eigenvalue weighted by molar-refractivity contribution is 0.474. The first-order chi connectivity index (χ1) is 10.2. The van der Waals surface area contributed by atoms with Crippen molar-refractivity contribution in [3.05, 3.63) is 59.1 Å². The molecular formula is C16H13ClFNO2. The lowest BCUT2D eigenvalue weighted by atomic mass is 10.1. The molecule has 0 spiro atoms. The van der Waals surface area contributed by atoms with Crippen LogP contribution in [0.15, 0.2) is 47.1 Å². The molecule has 0 bridgehead atoms. The molecule has 2 aromatic carbocycles. The van der Waals surface area contributed by atoms with Crippen molar-refractivity contribution in [2.45, 2.75) is 6.42 Å². The van der Waals surface area contributed by atoms with E-state index in [1.807, 2.05) is 18.2 Å². The van der Waals surface area contributed by atoms with Gasteiger partial charge in [0, 0.05) is 11.5 Å². The van der Waals surface area contributed by atoms with Gasteiger partial charge in [-0.25, -0.2) is 4.39 Å². The fraction of sp³-hybridized carbons (Fsp3) is 0.125. The van der Waals surface area contributed by atoms with Crippen molar-refractivity contribution in [2.24, 2.45) is 5.73 Å². The Kier molecular flexibility index (Phi) is 3.82. The van der Waals surface area contributed by atoms with E-state index in [9.17, 15) is 4.39 Å². The van der Waals surface area contributed by atoms with Crippen LogP contribution in [0, 0.1) is 5.82 Å². The third-order valence-electron chi connectivity index (χ3n) is 3.17. The van der Waals surface area contributed by atoms with Gasteiger partial charge in [0.25, 0.3) is 0 Å². The largest absolute Gasteiger partial charge is 0.464 e. The van der Waals surface area contributed by atoms with Gasteiger partial charge in [-0.3, -0.25) is 0 Å². The van der Waals surface area contributed by atoms with Crippen LogP contribution in [-0.2, 0) is 6.42 Å². The summed E-state index contributed by atoms with van der Waals surface area (Å²) in [4.78, 5) is 0. The zero-order chi connectivity index (χ0) is 14.8. The highest BCUT2D eigenvalue weighted by atomic mass is 35.5. The lowest BCUT2D eigenvalue weighted by Crippen LogP contribution is -2.04. The molecule has 21 heavy (non-hydrogen) atoms. The summed E-state index contributed by atoms with van der Waals surface area (Å²) in [6.07, 6.45) is 2.13. The first-order valence-corrected chi connectivity index (χ1v) is 6.88. The summed E-state index contributed by atoms with van der Waals surface area (Å²) >= 11 is 5.83. The first kappa shape index (κ1) is 13.9. The fourth-order valence-corrected chi connectivity index (χ4v) is 2.30. The maximum Gasteiger partial charge on any atom is 0.142 e. The monoisotopic (exact) mass is 305 g/mol. The van der Waals surface area contributed by atoms with Gasteiger partial charge in [-0.05, 0) is 48.9 Å². The zero-order valence-corrected chi connectivity index (χ0v) is 11.9. The molecule has 0 aliphatic rings. The molecule has 1 aromatic heterocycles. The molecule has 0 radical (unpaired) electrons. The Labute approximate surface area is 126 Å². The minimum Gasteiger partial charge on any atom is -0.464 e. The van der Waals surface area contributed by atoms with Crippen LogP contribution in [0.4, 0.5) is 4.39 Å². The van der Waals surface area contributed by atoms with E-state index >= 15 is 0 Å². The highest BCUT2D eigenvalue weighted by molar-refractivity contribution is 6.30. The maximum atomic E-state index is 13.5. The van der Waals surface area contributed by atoms with Gasteiger partial charge in [0.2, 0.25) is 0 Å². The number of hydrogen-bond donors (Lipinski definition) is 1. The van der Waals surface area contributed by atoms with E-state index in [4.69, 9.17) is 26.5 Å². The number of furan rings is 1. The van der Waals surface area contributed by atoms with Crippen molar-refractivity contribution in [1.82, 2.24) is 0 Å². The lowest BCUT2D eigenvalue weighted by Gasteiger charge is -2.12. The van der Waals surface area contributed by atoms with Crippen LogP contribution >= 0.6 is 11.6 Å². The van der Waals surface area contributed by atoms with Crippen molar-refractivity contribution < 1.29 is 13.5 Å². The number of ether oxygens (including phenoxy) is 1. The Morgan fingerprint density at radius 3 is 2.86 bits per heavy atom. The Morgan fingerprint density at radius 2 is 2.05 bits per heavy atom. The highest BCUT2D eigenvalue weighted by Crippen LogP contribution is 2.32. The van der Waals surface area contributed by atoms with E-state index in [-0.39, 0.29) is 5.02 Å². The summed E-state index contributed by atoms with van der Waals surface area (Å²) in [6.45, 7) is 0.401. The predicted molar refractivity (Wildman–Crippen MR) is 80.5 cm³/mol. The minimum atomic E-state index is -0.474. The van der Waals surface area contributed by atoms with E-state index < -0.39 is 5.82 Å². The molecule has 0 atom stereocenters. The van der Waals surface area contributed by atoms with Crippen molar-refractivity contribution in [3.8, 4) is 11.5 Å². The Morgan fingerprint density at radius 1 is 1.19 bits per heavy atom. The molecule has 3 rings (SSSR count). The average Bonchev–Trinajstić information content (AvgIpc) is 2.92. The molecule has 0 aliphatic heterocycles. The van der Waals surface area contributed by atoms with Gasteiger partial charge in [-0.15, -0.1) is 0 Å². The summed E-state index contributed by atoms with van der Waals surface area (Å²) in [5.41, 5.74) is 7.01. The highest BCUT2D eigenvalue weighted by Gasteiger charge is 2.11. The summed E-state index contributed by atoms with van der Waals surface area (Å²) in [5, 5.41) is 0.955. The van der Waals surface area contributed by atoms with Crippen LogP contribution in [-0.4, -0.2) is 6.54 Å². The second kappa shape index (κ2) is 5.76. The third-order valence-corrected chi connectivity index (χ3v) is 3.46. The number of rotatable bonds is 4. The van der Waals surface area contributed by atoms with Crippen LogP contribution in [0.3, 0.4) is 0 Å². The quantitative estimate of drug-likeness (QED) is 0.771. The Hall–Kier alpha value is -2.04. The molecule has 0 saturated heterocycles. The molecule has 3 aromatic rings. The molecule has 0 aliphatic carbocycles. The number of hydrogen-bond acceptors (Lipinski definition) is 3. The summed E-state index contributed by atoms with van der Waals surface area (Å²) in [5.74, 6) is 0.664. The molecule has 0 unspecified atom stereocenters. The summed E-state index contributed by atoms with van der Waals surface area (Å²) in [7, 11) is 0. The van der Waals surface area contributed by atoms with E-state index in [1.54, 1.807) is 12.3 Å². The van der Waals surface area contributed by atoms with Gasteiger partial charge < -0.3 is 14.9 Å². The van der Waals surface area contributed by atoms with Gasteiger partial charge in [0.05, 0.1) is 11.3 Å². The minimum absolute atomic E-state index is 0.0233. The van der Waals surface area contributed by atoms with E-state index in [1.165, 1.54) is 12.1 Å². The predicted octanol–water partition coefficient (Wildman–Crippen LogP) is 4.52. The van der Waals surface area contributed by atoms with Gasteiger partial charge in [0.15, 0.2) is 0 Å². The molecule has 0 fully saturated rings. The van der Waals surface area contributed by atoms with E-state index in [2.05, 4.69) is 0 Å². The Bertz CT molecular complexity index is 785. The molecule has 0 amide bonds. The molecular weight excluding hydrogens is 293 g/mol. The SMILES string of the molecule is NCCc1cc(F)c(Cl)cc1Oc1ccc2occc2c1. The number of nitrogens with two attached hydrogens (primary N) is 1. The van der Waals surface area contributed by atoms with Crippen LogP contribution in [0.5, 0.6) is 11.5 Å². The van der Waals surface area contributed by atoms with Crippen LogP contribution in [0.1, 0.15) is 5.56 Å². The third kappa shape index (κ3) is 2.86. The summed E-state index contributed by atoms with van der Waals surface area (Å²) < 4.78 is 24.7. The molecule has 0 saturated carbocycles. The van der Waals surface area contributed by atoms with E-state index in [0.717, 1.165) is 11.0 Å². The molecule has 5 heteroatoms. The van der Waals surface area contributed by atoms with Crippen molar-refractivity contribution in [2.75, 3.05) is 6.54 Å². The first-order valence-electron chi connectivity index (χ1n) is 6.50. The van der Waals surface area contributed by atoms with Crippen LogP contribution in [0.2, 0.25) is 5.02 Å². The number of benzene rings is 2. The van der Waals surface area contributed by atoms with Gasteiger partial charge in [-0.2, -0.15) is 0 Å². The molecule has 1 heterocycles. The maximum absolute atomic E-state index is 13.5. The normalized spacial score (nSPS) is 11.0. The van der Waals surface area contributed by atoms with E-state index in [0.29, 0.717) is 30.0 Å². The van der Waals surface area contributed by atoms with Gasteiger partial charge in [0.1, 0.15) is 22.9 Å². The molecule has 2 N–H and O–H groups in total. The number of fused-ring (bicyclic) bond motifs is 1. The second-order valence-electron chi connectivity index (χ2n) is 4.64. The summed E-state index contributed by atoms with van der Waals surface area (Å²) in [6, 6.07) is 10.1. The second-order valence-corrected chi connectivity index (χ2v) is 5.04. The Balaban J connectivity index is 1.97. The van der Waals surface area contributed by atoms with Crippen LogP contribution in [0.25, 0.3) is 11.0 Å². The standard InChI is InChI=1S/C16H13ClFNO2/c17-13-9-16(10(3-5-19)8-14(13)18)21-12-1-2-15-11(7-12)4-6-20-15/h1-2,4,6-9H,3,5,19H2. The number of halogens is 2. The topological polar surface area (TPSA) is 48.4 Å². The smallest absolute Gasteiger partial charge is 0.142 e. The average molecular weight is 306 g/mol. The fourth-order valence-electron chi connectivity index (χ4n) is 2.15. The van der Waals surface area contributed by atoms with Crippen molar-refractivity contribution in [3.63, 3.8) is 0 Å². The van der Waals surface area contributed by atoms with Crippen LogP contribution < -0.4 is 10.5 Å². The zero-order valence-electron chi connectivity index (χ0n) is 11.1. The molecule has 108 valence electrons.